The van der Waals surface area contributed by atoms with Gasteiger partial charge in [0.05, 0.1) is 12.0 Å². The van der Waals surface area contributed by atoms with Gasteiger partial charge in [-0.2, -0.15) is 0 Å². The lowest BCUT2D eigenvalue weighted by atomic mass is 9.84. The van der Waals surface area contributed by atoms with Crippen molar-refractivity contribution in [2.75, 3.05) is 0 Å². The van der Waals surface area contributed by atoms with Gasteiger partial charge >= 0.3 is 0 Å². The molecule has 1 aromatic rings. The molecule has 2 saturated carbocycles. The zero-order valence-corrected chi connectivity index (χ0v) is 14.6. The molecule has 6 atom stereocenters. The summed E-state index contributed by atoms with van der Waals surface area (Å²) < 4.78 is 12.9. The van der Waals surface area contributed by atoms with Crippen molar-refractivity contribution < 1.29 is 14.3 Å². The summed E-state index contributed by atoms with van der Waals surface area (Å²) in [5, 5.41) is 13.2. The molecule has 6 unspecified atom stereocenters. The summed E-state index contributed by atoms with van der Waals surface area (Å²) in [5.74, 6) is 0.523. The second-order valence-electron chi connectivity index (χ2n) is 7.15. The standard InChI is InChI=1S/C18H25FN2O2.ClH/c1-10(8-15(22)11-4-6-14(19)7-5-11)21-18(23)16-12-2-3-13(9-12)17(16)20;/h4-7,10,12-13,15-17,22H,2-3,8-9,20H2,1H3,(H,21,23);1H. The molecule has 0 radical (unpaired) electrons. The first-order valence-corrected chi connectivity index (χ1v) is 8.45. The van der Waals surface area contributed by atoms with Crippen LogP contribution in [-0.2, 0) is 4.79 Å². The van der Waals surface area contributed by atoms with Crippen LogP contribution in [0.15, 0.2) is 24.3 Å². The van der Waals surface area contributed by atoms with Gasteiger partial charge < -0.3 is 16.2 Å². The Morgan fingerprint density at radius 3 is 2.54 bits per heavy atom. The van der Waals surface area contributed by atoms with E-state index >= 15 is 0 Å². The summed E-state index contributed by atoms with van der Waals surface area (Å²) in [6.45, 7) is 1.88. The smallest absolute Gasteiger partial charge is 0.225 e. The number of carbonyl (C=O) groups excluding carboxylic acids is 1. The van der Waals surface area contributed by atoms with E-state index in [4.69, 9.17) is 5.73 Å². The van der Waals surface area contributed by atoms with Crippen molar-refractivity contribution in [3.63, 3.8) is 0 Å². The fraction of sp³-hybridized carbons (Fsp3) is 0.611. The average Bonchev–Trinajstić information content (AvgIpc) is 3.08. The lowest BCUT2D eigenvalue weighted by molar-refractivity contribution is -0.127. The van der Waals surface area contributed by atoms with Gasteiger partial charge in [-0.25, -0.2) is 4.39 Å². The van der Waals surface area contributed by atoms with Crippen LogP contribution in [0.1, 0.15) is 44.3 Å². The van der Waals surface area contributed by atoms with Crippen LogP contribution in [0.5, 0.6) is 0 Å². The number of hydrogen-bond donors (Lipinski definition) is 3. The summed E-state index contributed by atoms with van der Waals surface area (Å²) in [4.78, 5) is 12.5. The molecule has 24 heavy (non-hydrogen) atoms. The second kappa shape index (κ2) is 7.81. The zero-order chi connectivity index (χ0) is 16.6. The lowest BCUT2D eigenvalue weighted by Crippen LogP contribution is -2.47. The highest BCUT2D eigenvalue weighted by Gasteiger charge is 2.49. The number of aliphatic hydroxyl groups is 1. The van der Waals surface area contributed by atoms with Gasteiger partial charge in [0.15, 0.2) is 0 Å². The van der Waals surface area contributed by atoms with E-state index in [2.05, 4.69) is 5.32 Å². The Hall–Kier alpha value is -1.17. The number of halogens is 2. The maximum absolute atomic E-state index is 12.9. The molecule has 2 aliphatic rings. The van der Waals surface area contributed by atoms with Crippen molar-refractivity contribution in [1.82, 2.24) is 5.32 Å². The number of nitrogens with two attached hydrogens (primary N) is 1. The topological polar surface area (TPSA) is 75.3 Å². The molecule has 134 valence electrons. The molecule has 1 amide bonds. The molecular weight excluding hydrogens is 331 g/mol. The van der Waals surface area contributed by atoms with E-state index in [-0.39, 0.29) is 42.1 Å². The van der Waals surface area contributed by atoms with Gasteiger partial charge in [-0.1, -0.05) is 12.1 Å². The first kappa shape index (κ1) is 19.2. The van der Waals surface area contributed by atoms with Crippen LogP contribution >= 0.6 is 12.4 Å². The Morgan fingerprint density at radius 1 is 1.33 bits per heavy atom. The molecule has 0 saturated heterocycles. The molecule has 2 aliphatic carbocycles. The minimum absolute atomic E-state index is 0. The van der Waals surface area contributed by atoms with E-state index in [9.17, 15) is 14.3 Å². The van der Waals surface area contributed by atoms with Crippen molar-refractivity contribution >= 4 is 18.3 Å². The fourth-order valence-electron chi connectivity index (χ4n) is 4.28. The van der Waals surface area contributed by atoms with Crippen molar-refractivity contribution in [1.29, 1.82) is 0 Å². The van der Waals surface area contributed by atoms with Crippen molar-refractivity contribution in [3.05, 3.63) is 35.6 Å². The fourth-order valence-corrected chi connectivity index (χ4v) is 4.28. The maximum atomic E-state index is 12.9. The van der Waals surface area contributed by atoms with E-state index in [0.717, 1.165) is 19.3 Å². The van der Waals surface area contributed by atoms with Crippen molar-refractivity contribution in [2.24, 2.45) is 23.5 Å². The zero-order valence-electron chi connectivity index (χ0n) is 13.8. The Labute approximate surface area is 148 Å². The highest BCUT2D eigenvalue weighted by atomic mass is 35.5. The molecule has 3 rings (SSSR count). The number of aliphatic hydroxyl groups excluding tert-OH is 1. The summed E-state index contributed by atoms with van der Waals surface area (Å²) in [6, 6.07) is 5.62. The predicted molar refractivity (Wildman–Crippen MR) is 93.1 cm³/mol. The molecule has 6 heteroatoms. The Kier molecular flexibility index (Phi) is 6.23. The molecule has 4 nitrogen and oxygen atoms in total. The monoisotopic (exact) mass is 356 g/mol. The molecule has 0 aromatic heterocycles. The van der Waals surface area contributed by atoms with Gasteiger partial charge in [0.2, 0.25) is 5.91 Å². The SMILES string of the molecule is CC(CC(O)c1ccc(F)cc1)NC(=O)C1C2CCC(C2)C1N.Cl. The molecule has 1 aromatic carbocycles. The lowest BCUT2D eigenvalue weighted by Gasteiger charge is -2.28. The summed E-state index contributed by atoms with van der Waals surface area (Å²) >= 11 is 0. The van der Waals surface area contributed by atoms with Crippen LogP contribution in [0.4, 0.5) is 4.39 Å². The third kappa shape index (κ3) is 3.90. The third-order valence-corrected chi connectivity index (χ3v) is 5.50. The summed E-state index contributed by atoms with van der Waals surface area (Å²) in [6.07, 6.45) is 3.00. The number of amides is 1. The first-order chi connectivity index (χ1) is 11.0. The summed E-state index contributed by atoms with van der Waals surface area (Å²) in [7, 11) is 0. The first-order valence-electron chi connectivity index (χ1n) is 8.45. The molecule has 0 aliphatic heterocycles. The highest BCUT2D eigenvalue weighted by Crippen LogP contribution is 2.47. The molecule has 2 bridgehead atoms. The van der Waals surface area contributed by atoms with E-state index in [0.29, 0.717) is 23.8 Å². The van der Waals surface area contributed by atoms with Gasteiger partial charge in [0.1, 0.15) is 5.82 Å². The average molecular weight is 357 g/mol. The Morgan fingerprint density at radius 2 is 1.96 bits per heavy atom. The number of nitrogens with one attached hydrogen (secondary N) is 1. The molecule has 0 spiro atoms. The molecule has 0 heterocycles. The second-order valence-corrected chi connectivity index (χ2v) is 7.15. The molecule has 4 N–H and O–H groups in total. The number of hydrogen-bond acceptors (Lipinski definition) is 3. The van der Waals surface area contributed by atoms with Gasteiger partial charge in [-0.3, -0.25) is 4.79 Å². The Bertz CT molecular complexity index is 567. The van der Waals surface area contributed by atoms with Crippen molar-refractivity contribution in [2.45, 2.75) is 50.8 Å². The van der Waals surface area contributed by atoms with Crippen LogP contribution in [-0.4, -0.2) is 23.1 Å². The predicted octanol–water partition coefficient (Wildman–Crippen LogP) is 2.55. The maximum Gasteiger partial charge on any atom is 0.225 e. The van der Waals surface area contributed by atoms with Crippen LogP contribution in [0.3, 0.4) is 0 Å². The molecule has 2 fully saturated rings. The van der Waals surface area contributed by atoms with Crippen LogP contribution < -0.4 is 11.1 Å². The van der Waals surface area contributed by atoms with Crippen molar-refractivity contribution in [3.8, 4) is 0 Å². The van der Waals surface area contributed by atoms with Gasteiger partial charge in [0.25, 0.3) is 0 Å². The van der Waals surface area contributed by atoms with E-state index in [1.165, 1.54) is 12.1 Å². The van der Waals surface area contributed by atoms with E-state index in [1.54, 1.807) is 12.1 Å². The third-order valence-electron chi connectivity index (χ3n) is 5.50. The van der Waals surface area contributed by atoms with Gasteiger partial charge in [0, 0.05) is 12.1 Å². The normalized spacial score (nSPS) is 30.5. The van der Waals surface area contributed by atoms with Crippen LogP contribution in [0, 0.1) is 23.6 Å². The molecular formula is C18H26ClFN2O2. The summed E-state index contributed by atoms with van der Waals surface area (Å²) in [5.41, 5.74) is 6.86. The highest BCUT2D eigenvalue weighted by molar-refractivity contribution is 5.85. The van der Waals surface area contributed by atoms with Gasteiger partial charge in [-0.05, 0) is 62.1 Å². The number of carbonyl (C=O) groups is 1. The number of rotatable bonds is 5. The van der Waals surface area contributed by atoms with E-state index in [1.807, 2.05) is 6.92 Å². The van der Waals surface area contributed by atoms with Crippen LogP contribution in [0.2, 0.25) is 0 Å². The van der Waals surface area contributed by atoms with Gasteiger partial charge in [-0.15, -0.1) is 12.4 Å². The largest absolute Gasteiger partial charge is 0.388 e. The van der Waals surface area contributed by atoms with Crippen LogP contribution in [0.25, 0.3) is 0 Å². The Balaban J connectivity index is 0.00000208. The minimum Gasteiger partial charge on any atom is -0.388 e. The quantitative estimate of drug-likeness (QED) is 0.759. The minimum atomic E-state index is -0.723. The van der Waals surface area contributed by atoms with E-state index < -0.39 is 6.10 Å². The number of benzene rings is 1. The number of fused-ring (bicyclic) bond motifs is 2.